The summed E-state index contributed by atoms with van der Waals surface area (Å²) < 4.78 is 23.8. The molecule has 0 unspecified atom stereocenters. The SMILES string of the molecule is C=C(CCCCO)C(=O)O.CC(=CCCS(=O)(=O)c1ccc(C)cc1)C(=O)O.CC=C(C)C(=O)O. The quantitative estimate of drug-likeness (QED) is 0.253. The van der Waals surface area contributed by atoms with Crippen LogP contribution in [-0.2, 0) is 24.2 Å². The Bertz CT molecular complexity index is 1000. The van der Waals surface area contributed by atoms with Crippen LogP contribution in [0.4, 0.5) is 0 Å². The van der Waals surface area contributed by atoms with E-state index in [0.717, 1.165) is 5.56 Å². The molecule has 0 atom stereocenters. The molecule has 0 aliphatic carbocycles. The van der Waals surface area contributed by atoms with Gasteiger partial charge in [-0.1, -0.05) is 36.4 Å². The smallest absolute Gasteiger partial charge is 0.330 e. The minimum absolute atomic E-state index is 0.0827. The normalized spacial score (nSPS) is 11.3. The minimum Gasteiger partial charge on any atom is -0.478 e. The minimum atomic E-state index is -3.34. The number of unbranched alkanes of at least 4 members (excludes halogenated alkanes) is 1. The Morgan fingerprint density at radius 3 is 1.80 bits per heavy atom. The summed E-state index contributed by atoms with van der Waals surface area (Å²) in [4.78, 5) is 30.8. The van der Waals surface area contributed by atoms with Crippen LogP contribution in [0.2, 0.25) is 0 Å². The average molecular weight is 513 g/mol. The van der Waals surface area contributed by atoms with Crippen molar-refractivity contribution in [2.24, 2.45) is 0 Å². The number of benzene rings is 1. The van der Waals surface area contributed by atoms with Gasteiger partial charge in [-0.15, -0.1) is 0 Å². The lowest BCUT2D eigenvalue weighted by Gasteiger charge is -2.03. The zero-order chi connectivity index (χ0) is 27.6. The summed E-state index contributed by atoms with van der Waals surface area (Å²) >= 11 is 0. The third kappa shape index (κ3) is 16.9. The van der Waals surface area contributed by atoms with E-state index in [0.29, 0.717) is 24.8 Å². The third-order valence-corrected chi connectivity index (χ3v) is 6.28. The Balaban J connectivity index is 0. The first-order valence-electron chi connectivity index (χ1n) is 10.8. The third-order valence-electron chi connectivity index (χ3n) is 4.51. The summed E-state index contributed by atoms with van der Waals surface area (Å²) in [7, 11) is -3.34. The number of carbonyl (C=O) groups is 3. The number of carboxylic acids is 3. The Morgan fingerprint density at radius 2 is 1.43 bits per heavy atom. The summed E-state index contributed by atoms with van der Waals surface area (Å²) in [5.74, 6) is -2.90. The molecule has 1 aromatic rings. The van der Waals surface area contributed by atoms with E-state index in [1.165, 1.54) is 13.0 Å². The molecule has 4 N–H and O–H groups in total. The fraction of sp³-hybridized carbons (Fsp3) is 0.400. The van der Waals surface area contributed by atoms with Crippen molar-refractivity contribution in [3.05, 3.63) is 65.3 Å². The first kappa shape index (κ1) is 33.9. The van der Waals surface area contributed by atoms with Gasteiger partial charge in [0, 0.05) is 23.3 Å². The second kappa shape index (κ2) is 18.1. The van der Waals surface area contributed by atoms with Crippen LogP contribution in [-0.4, -0.2) is 59.1 Å². The lowest BCUT2D eigenvalue weighted by molar-refractivity contribution is -0.133. The van der Waals surface area contributed by atoms with Gasteiger partial charge in [-0.05, 0) is 65.5 Å². The van der Waals surface area contributed by atoms with Gasteiger partial charge in [0.2, 0.25) is 0 Å². The van der Waals surface area contributed by atoms with Crippen molar-refractivity contribution in [1.29, 1.82) is 0 Å². The summed E-state index contributed by atoms with van der Waals surface area (Å²) in [6.45, 7) is 10.0. The van der Waals surface area contributed by atoms with E-state index in [4.69, 9.17) is 20.4 Å². The summed E-state index contributed by atoms with van der Waals surface area (Å²) in [6.07, 6.45) is 4.99. The lowest BCUT2D eigenvalue weighted by atomic mass is 10.1. The molecule has 0 aliphatic rings. The van der Waals surface area contributed by atoms with Crippen molar-refractivity contribution >= 4 is 27.7 Å². The van der Waals surface area contributed by atoms with E-state index >= 15 is 0 Å². The van der Waals surface area contributed by atoms with Crippen LogP contribution in [0, 0.1) is 6.92 Å². The van der Waals surface area contributed by atoms with E-state index < -0.39 is 27.7 Å². The molecule has 1 aromatic carbocycles. The molecule has 0 saturated carbocycles. The van der Waals surface area contributed by atoms with Crippen LogP contribution in [0.15, 0.2) is 64.6 Å². The number of aliphatic carboxylic acids is 3. The molecule has 0 spiro atoms. The Kier molecular flexibility index (Phi) is 17.6. The van der Waals surface area contributed by atoms with Crippen LogP contribution >= 0.6 is 0 Å². The number of hydrogen-bond donors (Lipinski definition) is 4. The monoisotopic (exact) mass is 512 g/mol. The highest BCUT2D eigenvalue weighted by atomic mass is 32.2. The van der Waals surface area contributed by atoms with Gasteiger partial charge in [0.15, 0.2) is 9.84 Å². The van der Waals surface area contributed by atoms with E-state index in [9.17, 15) is 22.8 Å². The van der Waals surface area contributed by atoms with Crippen LogP contribution in [0.25, 0.3) is 0 Å². The summed E-state index contributed by atoms with van der Waals surface area (Å²) in [5, 5.41) is 33.4. The topological polar surface area (TPSA) is 166 Å². The molecule has 1 rings (SSSR count). The molecule has 0 heterocycles. The molecule has 0 aromatic heterocycles. The molecule has 10 heteroatoms. The van der Waals surface area contributed by atoms with E-state index in [-0.39, 0.29) is 34.8 Å². The van der Waals surface area contributed by atoms with E-state index in [2.05, 4.69) is 6.58 Å². The fourth-order valence-corrected chi connectivity index (χ4v) is 3.28. The van der Waals surface area contributed by atoms with Gasteiger partial charge in [0.25, 0.3) is 0 Å². The number of aliphatic hydroxyl groups excluding tert-OH is 1. The second-order valence-electron chi connectivity index (χ2n) is 7.48. The van der Waals surface area contributed by atoms with Crippen LogP contribution in [0.5, 0.6) is 0 Å². The Labute approximate surface area is 207 Å². The van der Waals surface area contributed by atoms with Crippen molar-refractivity contribution in [3.8, 4) is 0 Å². The van der Waals surface area contributed by atoms with Gasteiger partial charge in [0.05, 0.1) is 10.6 Å². The maximum absolute atomic E-state index is 11.9. The van der Waals surface area contributed by atoms with Crippen LogP contribution in [0.1, 0.15) is 52.0 Å². The molecular formula is C25H36O9S. The molecule has 0 fully saturated rings. The van der Waals surface area contributed by atoms with Crippen molar-refractivity contribution in [3.63, 3.8) is 0 Å². The largest absolute Gasteiger partial charge is 0.478 e. The highest BCUT2D eigenvalue weighted by Gasteiger charge is 2.13. The molecule has 0 amide bonds. The molecule has 35 heavy (non-hydrogen) atoms. The molecule has 9 nitrogen and oxygen atoms in total. The number of aliphatic hydroxyl groups is 1. The summed E-state index contributed by atoms with van der Waals surface area (Å²) in [6, 6.07) is 6.62. The van der Waals surface area contributed by atoms with Crippen LogP contribution in [0.3, 0.4) is 0 Å². The number of aryl methyl sites for hydroxylation is 1. The van der Waals surface area contributed by atoms with E-state index in [1.807, 2.05) is 6.92 Å². The Hall–Kier alpha value is -3.24. The van der Waals surface area contributed by atoms with Crippen molar-refractivity contribution in [2.75, 3.05) is 12.4 Å². The molecule has 196 valence electrons. The first-order valence-corrected chi connectivity index (χ1v) is 12.4. The van der Waals surface area contributed by atoms with Gasteiger partial charge < -0.3 is 20.4 Å². The maximum Gasteiger partial charge on any atom is 0.330 e. The zero-order valence-electron chi connectivity index (χ0n) is 20.7. The molecule has 0 bridgehead atoms. The Morgan fingerprint density at radius 1 is 0.914 bits per heavy atom. The lowest BCUT2D eigenvalue weighted by Crippen LogP contribution is -2.06. The van der Waals surface area contributed by atoms with Crippen LogP contribution < -0.4 is 0 Å². The van der Waals surface area contributed by atoms with Gasteiger partial charge in [0.1, 0.15) is 0 Å². The molecular weight excluding hydrogens is 476 g/mol. The zero-order valence-corrected chi connectivity index (χ0v) is 21.5. The number of sulfone groups is 1. The maximum atomic E-state index is 11.9. The number of rotatable bonds is 11. The first-order chi connectivity index (χ1) is 16.2. The predicted molar refractivity (Wildman–Crippen MR) is 134 cm³/mol. The number of carboxylic acid groups (broad SMARTS) is 3. The highest BCUT2D eigenvalue weighted by molar-refractivity contribution is 7.91. The molecule has 0 saturated heterocycles. The number of hydrogen-bond acceptors (Lipinski definition) is 6. The van der Waals surface area contributed by atoms with Gasteiger partial charge in [-0.2, -0.15) is 0 Å². The molecule has 0 aliphatic heterocycles. The van der Waals surface area contributed by atoms with Crippen molar-refractivity contribution in [2.45, 2.75) is 58.3 Å². The average Bonchev–Trinajstić information content (AvgIpc) is 2.79. The van der Waals surface area contributed by atoms with E-state index in [1.54, 1.807) is 44.2 Å². The van der Waals surface area contributed by atoms with Gasteiger partial charge in [-0.25, -0.2) is 22.8 Å². The standard InChI is InChI=1S/C13H16O4S.C7H12O3.C5H8O2/c1-10-5-7-12(8-6-10)18(16,17)9-3-4-11(2)13(14)15;1-6(7(9)10)4-2-3-5-8;1-3-4(2)5(6)7/h4-8H,3,9H2,1-2H3,(H,14,15);8H,1-5H2,(H,9,10);3H,1-2H3,(H,6,7). The molecule has 0 radical (unpaired) electrons. The van der Waals surface area contributed by atoms with Gasteiger partial charge in [-0.3, -0.25) is 0 Å². The second-order valence-corrected chi connectivity index (χ2v) is 9.59. The van der Waals surface area contributed by atoms with Gasteiger partial charge >= 0.3 is 17.9 Å². The highest BCUT2D eigenvalue weighted by Crippen LogP contribution is 2.13. The number of allylic oxidation sites excluding steroid dienone is 2. The van der Waals surface area contributed by atoms with Crippen molar-refractivity contribution in [1.82, 2.24) is 0 Å². The van der Waals surface area contributed by atoms with Crippen molar-refractivity contribution < 1.29 is 43.2 Å². The summed E-state index contributed by atoms with van der Waals surface area (Å²) in [5.41, 5.74) is 1.76. The fourth-order valence-electron chi connectivity index (χ4n) is 2.06. The predicted octanol–water partition coefficient (Wildman–Crippen LogP) is 4.02.